The lowest BCUT2D eigenvalue weighted by molar-refractivity contribution is 0.0933. The summed E-state index contributed by atoms with van der Waals surface area (Å²) in [6.45, 7) is 1.97. The summed E-state index contributed by atoms with van der Waals surface area (Å²) < 4.78 is 1.92. The minimum absolute atomic E-state index is 0.0885. The van der Waals surface area contributed by atoms with Crippen molar-refractivity contribution in [2.75, 3.05) is 0 Å². The summed E-state index contributed by atoms with van der Waals surface area (Å²) in [5.41, 5.74) is 4.83. The number of pyridine rings is 1. The lowest BCUT2D eigenvalue weighted by Crippen LogP contribution is -2.28. The summed E-state index contributed by atoms with van der Waals surface area (Å²) in [5, 5.41) is 7.71. The van der Waals surface area contributed by atoms with E-state index in [0.717, 1.165) is 41.8 Å². The lowest BCUT2D eigenvalue weighted by atomic mass is 10.1. The van der Waals surface area contributed by atoms with E-state index in [1.165, 1.54) is 0 Å². The van der Waals surface area contributed by atoms with Gasteiger partial charge in [-0.25, -0.2) is 4.68 Å². The monoisotopic (exact) mass is 332 g/mol. The van der Waals surface area contributed by atoms with Gasteiger partial charge in [0.2, 0.25) is 0 Å². The topological polar surface area (TPSA) is 59.8 Å². The van der Waals surface area contributed by atoms with Crippen LogP contribution in [-0.2, 0) is 12.8 Å². The molecule has 1 aliphatic rings. The maximum Gasteiger partial charge on any atom is 0.272 e. The van der Waals surface area contributed by atoms with Gasteiger partial charge in [0.05, 0.1) is 11.7 Å². The molecule has 126 valence electrons. The van der Waals surface area contributed by atoms with E-state index >= 15 is 0 Å². The number of fused-ring (bicyclic) bond motifs is 1. The second-order valence-electron chi connectivity index (χ2n) is 6.35. The minimum atomic E-state index is -0.114. The number of hydrogen-bond donors (Lipinski definition) is 1. The molecule has 0 spiro atoms. The molecule has 1 aromatic carbocycles. The predicted octanol–water partition coefficient (Wildman–Crippen LogP) is 3.25. The molecule has 0 fully saturated rings. The van der Waals surface area contributed by atoms with Gasteiger partial charge in [-0.05, 0) is 56.0 Å². The molecule has 1 unspecified atom stereocenters. The molecule has 0 aliphatic heterocycles. The first-order valence-electron chi connectivity index (χ1n) is 8.61. The Bertz CT molecular complexity index is 887. The van der Waals surface area contributed by atoms with Crippen LogP contribution in [0.3, 0.4) is 0 Å². The molecular weight excluding hydrogens is 312 g/mol. The van der Waals surface area contributed by atoms with Crippen molar-refractivity contribution in [3.8, 4) is 5.69 Å². The molecule has 2 heterocycles. The van der Waals surface area contributed by atoms with Gasteiger partial charge in [0.1, 0.15) is 0 Å². The third-order valence-corrected chi connectivity index (χ3v) is 4.70. The fraction of sp³-hybridized carbons (Fsp3) is 0.250. The number of para-hydroxylation sites is 1. The maximum absolute atomic E-state index is 12.8. The first-order chi connectivity index (χ1) is 12.2. The van der Waals surface area contributed by atoms with Crippen molar-refractivity contribution in [2.45, 2.75) is 32.2 Å². The van der Waals surface area contributed by atoms with E-state index in [-0.39, 0.29) is 11.9 Å². The number of rotatable bonds is 4. The number of hydrogen-bond acceptors (Lipinski definition) is 3. The summed E-state index contributed by atoms with van der Waals surface area (Å²) in [6.07, 6.45) is 6.42. The number of carbonyl (C=O) groups excluding carboxylic acids is 1. The Morgan fingerprint density at radius 3 is 2.64 bits per heavy atom. The molecule has 1 atom stereocenters. The van der Waals surface area contributed by atoms with Crippen LogP contribution in [0.25, 0.3) is 5.69 Å². The van der Waals surface area contributed by atoms with Crippen molar-refractivity contribution < 1.29 is 4.79 Å². The van der Waals surface area contributed by atoms with Crippen LogP contribution < -0.4 is 5.32 Å². The molecule has 0 radical (unpaired) electrons. The predicted molar refractivity (Wildman–Crippen MR) is 95.7 cm³/mol. The van der Waals surface area contributed by atoms with E-state index in [9.17, 15) is 4.79 Å². The minimum Gasteiger partial charge on any atom is -0.344 e. The molecule has 1 N–H and O–H groups in total. The van der Waals surface area contributed by atoms with Crippen LogP contribution in [0, 0.1) is 0 Å². The summed E-state index contributed by atoms with van der Waals surface area (Å²) in [7, 11) is 0. The molecule has 0 bridgehead atoms. The Balaban J connectivity index is 1.64. The van der Waals surface area contributed by atoms with Crippen LogP contribution >= 0.6 is 0 Å². The van der Waals surface area contributed by atoms with E-state index in [2.05, 4.69) is 15.4 Å². The fourth-order valence-electron chi connectivity index (χ4n) is 3.40. The highest BCUT2D eigenvalue weighted by molar-refractivity contribution is 5.94. The standard InChI is InChI=1S/C20H20N4O/c1-14(15-10-12-21-13-11-15)22-20(25)19-17-8-5-9-18(17)24(23-19)16-6-3-2-4-7-16/h2-4,6-7,10-14H,5,8-9H2,1H3,(H,22,25). The Kier molecular flexibility index (Phi) is 4.06. The zero-order chi connectivity index (χ0) is 17.2. The van der Waals surface area contributed by atoms with Gasteiger partial charge in [0.15, 0.2) is 5.69 Å². The quantitative estimate of drug-likeness (QED) is 0.798. The smallest absolute Gasteiger partial charge is 0.272 e. The van der Waals surface area contributed by atoms with E-state index in [1.807, 2.05) is 54.1 Å². The highest BCUT2D eigenvalue weighted by Crippen LogP contribution is 2.28. The SMILES string of the molecule is CC(NC(=O)c1nn(-c2ccccc2)c2c1CCC2)c1ccncc1. The average molecular weight is 332 g/mol. The third-order valence-electron chi connectivity index (χ3n) is 4.70. The van der Waals surface area contributed by atoms with Crippen LogP contribution in [0.1, 0.15) is 46.7 Å². The molecule has 0 saturated carbocycles. The Morgan fingerprint density at radius 1 is 1.12 bits per heavy atom. The van der Waals surface area contributed by atoms with E-state index < -0.39 is 0 Å². The molecule has 2 aromatic heterocycles. The molecular formula is C20H20N4O. The van der Waals surface area contributed by atoms with Crippen molar-refractivity contribution in [1.29, 1.82) is 0 Å². The van der Waals surface area contributed by atoms with Crippen molar-refractivity contribution in [2.24, 2.45) is 0 Å². The summed E-state index contributed by atoms with van der Waals surface area (Å²) in [6, 6.07) is 13.7. The highest BCUT2D eigenvalue weighted by atomic mass is 16.2. The van der Waals surface area contributed by atoms with Crippen molar-refractivity contribution in [1.82, 2.24) is 20.1 Å². The number of aromatic nitrogens is 3. The fourth-order valence-corrected chi connectivity index (χ4v) is 3.40. The largest absolute Gasteiger partial charge is 0.344 e. The summed E-state index contributed by atoms with van der Waals surface area (Å²) in [4.78, 5) is 16.9. The van der Waals surface area contributed by atoms with Crippen molar-refractivity contribution in [3.05, 3.63) is 77.4 Å². The van der Waals surface area contributed by atoms with E-state index in [1.54, 1.807) is 12.4 Å². The normalized spacial score (nSPS) is 14.1. The molecule has 5 heteroatoms. The average Bonchev–Trinajstić information content (AvgIpc) is 3.25. The number of amides is 1. The summed E-state index contributed by atoms with van der Waals surface area (Å²) in [5.74, 6) is -0.114. The number of nitrogens with zero attached hydrogens (tertiary/aromatic N) is 3. The molecule has 25 heavy (non-hydrogen) atoms. The molecule has 4 rings (SSSR count). The third kappa shape index (κ3) is 2.93. The Labute approximate surface area is 146 Å². The van der Waals surface area contributed by atoms with Gasteiger partial charge in [0, 0.05) is 23.7 Å². The Hall–Kier alpha value is -2.95. The number of nitrogens with one attached hydrogen (secondary N) is 1. The molecule has 1 aliphatic carbocycles. The molecule has 1 amide bonds. The van der Waals surface area contributed by atoms with Crippen LogP contribution in [0.15, 0.2) is 54.9 Å². The van der Waals surface area contributed by atoms with Crippen LogP contribution in [0.4, 0.5) is 0 Å². The molecule has 3 aromatic rings. The number of benzene rings is 1. The van der Waals surface area contributed by atoms with Gasteiger partial charge in [-0.2, -0.15) is 5.10 Å². The first kappa shape index (κ1) is 15.6. The van der Waals surface area contributed by atoms with Gasteiger partial charge in [-0.3, -0.25) is 9.78 Å². The zero-order valence-corrected chi connectivity index (χ0v) is 14.1. The highest BCUT2D eigenvalue weighted by Gasteiger charge is 2.27. The Morgan fingerprint density at radius 2 is 1.88 bits per heavy atom. The van der Waals surface area contributed by atoms with Crippen LogP contribution in [-0.4, -0.2) is 20.7 Å². The van der Waals surface area contributed by atoms with Gasteiger partial charge < -0.3 is 5.32 Å². The van der Waals surface area contributed by atoms with Gasteiger partial charge in [-0.1, -0.05) is 18.2 Å². The van der Waals surface area contributed by atoms with Crippen molar-refractivity contribution in [3.63, 3.8) is 0 Å². The van der Waals surface area contributed by atoms with Gasteiger partial charge in [0.25, 0.3) is 5.91 Å². The van der Waals surface area contributed by atoms with E-state index in [4.69, 9.17) is 0 Å². The first-order valence-corrected chi connectivity index (χ1v) is 8.61. The number of carbonyl (C=O) groups is 1. The summed E-state index contributed by atoms with van der Waals surface area (Å²) >= 11 is 0. The lowest BCUT2D eigenvalue weighted by Gasteiger charge is -2.13. The van der Waals surface area contributed by atoms with Gasteiger partial charge >= 0.3 is 0 Å². The van der Waals surface area contributed by atoms with E-state index in [0.29, 0.717) is 5.69 Å². The molecule has 5 nitrogen and oxygen atoms in total. The van der Waals surface area contributed by atoms with Crippen LogP contribution in [0.5, 0.6) is 0 Å². The second kappa shape index (κ2) is 6.51. The zero-order valence-electron chi connectivity index (χ0n) is 14.1. The maximum atomic E-state index is 12.8. The van der Waals surface area contributed by atoms with Gasteiger partial charge in [-0.15, -0.1) is 0 Å². The van der Waals surface area contributed by atoms with Crippen molar-refractivity contribution >= 4 is 5.91 Å². The second-order valence-corrected chi connectivity index (χ2v) is 6.35. The molecule has 0 saturated heterocycles. The van der Waals surface area contributed by atoms with Crippen LogP contribution in [0.2, 0.25) is 0 Å².